The van der Waals surface area contributed by atoms with Crippen molar-refractivity contribution >= 4 is 22.8 Å². The van der Waals surface area contributed by atoms with Crippen LogP contribution in [0.5, 0.6) is 0 Å². The van der Waals surface area contributed by atoms with E-state index in [1.807, 2.05) is 26.0 Å². The van der Waals surface area contributed by atoms with Gasteiger partial charge in [0.25, 0.3) is 5.91 Å². The highest BCUT2D eigenvalue weighted by molar-refractivity contribution is 6.00. The van der Waals surface area contributed by atoms with Crippen molar-refractivity contribution in [2.45, 2.75) is 32.7 Å². The van der Waals surface area contributed by atoms with Crippen molar-refractivity contribution in [1.29, 1.82) is 0 Å². The summed E-state index contributed by atoms with van der Waals surface area (Å²) in [4.78, 5) is 28.5. The molecule has 0 saturated carbocycles. The minimum atomic E-state index is -0.921. The summed E-state index contributed by atoms with van der Waals surface area (Å²) in [6.07, 6.45) is 1.28. The number of hydrogen-bond donors (Lipinski definition) is 2. The maximum Gasteiger partial charge on any atom is 0.326 e. The number of carbonyl (C=O) groups excluding carboxylic acids is 1. The van der Waals surface area contributed by atoms with E-state index in [2.05, 4.69) is 4.98 Å². The minimum absolute atomic E-state index is 0.194. The van der Waals surface area contributed by atoms with Crippen LogP contribution in [-0.4, -0.2) is 39.5 Å². The van der Waals surface area contributed by atoms with Gasteiger partial charge in [-0.2, -0.15) is 0 Å². The van der Waals surface area contributed by atoms with E-state index in [9.17, 15) is 14.7 Å². The van der Waals surface area contributed by atoms with Crippen LogP contribution in [0, 0.1) is 13.8 Å². The summed E-state index contributed by atoms with van der Waals surface area (Å²) >= 11 is 0. The molecular formula is C16H18N2O3. The first-order valence-electron chi connectivity index (χ1n) is 7.11. The number of carbonyl (C=O) groups is 2. The van der Waals surface area contributed by atoms with Crippen LogP contribution >= 0.6 is 0 Å². The number of H-pyrrole nitrogens is 1. The van der Waals surface area contributed by atoms with E-state index in [1.165, 1.54) is 4.90 Å². The zero-order valence-corrected chi connectivity index (χ0v) is 12.1. The first-order valence-corrected chi connectivity index (χ1v) is 7.11. The van der Waals surface area contributed by atoms with Gasteiger partial charge in [-0.1, -0.05) is 0 Å². The number of amides is 1. The molecule has 5 nitrogen and oxygen atoms in total. The molecule has 0 spiro atoms. The fourth-order valence-electron chi connectivity index (χ4n) is 3.03. The Morgan fingerprint density at radius 3 is 2.81 bits per heavy atom. The van der Waals surface area contributed by atoms with E-state index < -0.39 is 12.0 Å². The fraction of sp³-hybridized carbons (Fsp3) is 0.375. The molecule has 1 aromatic carbocycles. The minimum Gasteiger partial charge on any atom is -0.480 e. The van der Waals surface area contributed by atoms with Crippen molar-refractivity contribution in [2.75, 3.05) is 6.54 Å². The van der Waals surface area contributed by atoms with E-state index in [0.717, 1.165) is 28.6 Å². The number of aliphatic carboxylic acids is 1. The summed E-state index contributed by atoms with van der Waals surface area (Å²) in [5, 5.41) is 10.2. The number of fused-ring (bicyclic) bond motifs is 1. The molecule has 110 valence electrons. The number of carboxylic acid groups (broad SMARTS) is 1. The molecule has 5 heteroatoms. The van der Waals surface area contributed by atoms with Crippen LogP contribution in [0.4, 0.5) is 0 Å². The van der Waals surface area contributed by atoms with Crippen molar-refractivity contribution in [3.8, 4) is 0 Å². The monoisotopic (exact) mass is 286 g/mol. The van der Waals surface area contributed by atoms with E-state index in [0.29, 0.717) is 18.5 Å². The second-order valence-electron chi connectivity index (χ2n) is 5.63. The number of aryl methyl sites for hydroxylation is 2. The Labute approximate surface area is 122 Å². The van der Waals surface area contributed by atoms with Crippen LogP contribution in [-0.2, 0) is 4.79 Å². The number of rotatable bonds is 2. The molecule has 1 saturated heterocycles. The van der Waals surface area contributed by atoms with Gasteiger partial charge in [0.1, 0.15) is 6.04 Å². The number of aromatic nitrogens is 1. The number of benzene rings is 1. The largest absolute Gasteiger partial charge is 0.480 e. The standard InChI is InChI=1S/C16H18N2O3/c1-9-10(2)17-13-6-5-11(8-12(9)13)15(19)18-7-3-4-14(18)16(20)21/h5-6,8,14,17H,3-4,7H2,1-2H3,(H,20,21)/t14-/m1/s1. The van der Waals surface area contributed by atoms with Crippen LogP contribution in [0.1, 0.15) is 34.5 Å². The van der Waals surface area contributed by atoms with Crippen molar-refractivity contribution in [1.82, 2.24) is 9.88 Å². The van der Waals surface area contributed by atoms with Crippen LogP contribution in [0.15, 0.2) is 18.2 Å². The average Bonchev–Trinajstić information content (AvgIpc) is 3.04. The van der Waals surface area contributed by atoms with Crippen molar-refractivity contribution in [3.05, 3.63) is 35.0 Å². The Bertz CT molecular complexity index is 732. The predicted molar refractivity (Wildman–Crippen MR) is 79.5 cm³/mol. The Balaban J connectivity index is 1.98. The molecule has 0 aliphatic carbocycles. The van der Waals surface area contributed by atoms with Gasteiger partial charge in [0.15, 0.2) is 0 Å². The van der Waals surface area contributed by atoms with Gasteiger partial charge in [-0.25, -0.2) is 4.79 Å². The van der Waals surface area contributed by atoms with Gasteiger partial charge in [-0.3, -0.25) is 4.79 Å². The molecule has 0 bridgehead atoms. The molecule has 1 aromatic heterocycles. The lowest BCUT2D eigenvalue weighted by Crippen LogP contribution is -2.40. The summed E-state index contributed by atoms with van der Waals surface area (Å²) in [7, 11) is 0. The van der Waals surface area contributed by atoms with Gasteiger partial charge in [-0.05, 0) is 50.5 Å². The number of nitrogens with one attached hydrogen (secondary N) is 1. The van der Waals surface area contributed by atoms with E-state index >= 15 is 0 Å². The van der Waals surface area contributed by atoms with Gasteiger partial charge in [-0.15, -0.1) is 0 Å². The van der Waals surface area contributed by atoms with E-state index in [-0.39, 0.29) is 5.91 Å². The molecule has 21 heavy (non-hydrogen) atoms. The number of likely N-dealkylation sites (tertiary alicyclic amines) is 1. The highest BCUT2D eigenvalue weighted by Crippen LogP contribution is 2.25. The normalized spacial score (nSPS) is 18.4. The topological polar surface area (TPSA) is 73.4 Å². The molecular weight excluding hydrogens is 268 g/mol. The van der Waals surface area contributed by atoms with Gasteiger partial charge >= 0.3 is 5.97 Å². The van der Waals surface area contributed by atoms with E-state index in [4.69, 9.17) is 0 Å². The van der Waals surface area contributed by atoms with Crippen LogP contribution < -0.4 is 0 Å². The molecule has 1 aliphatic heterocycles. The van der Waals surface area contributed by atoms with Crippen LogP contribution in [0.2, 0.25) is 0 Å². The Hall–Kier alpha value is -2.30. The maximum atomic E-state index is 12.6. The second kappa shape index (κ2) is 4.91. The summed E-state index contributed by atoms with van der Waals surface area (Å²) < 4.78 is 0. The van der Waals surface area contributed by atoms with Crippen molar-refractivity contribution in [2.24, 2.45) is 0 Å². The second-order valence-corrected chi connectivity index (χ2v) is 5.63. The van der Waals surface area contributed by atoms with Gasteiger partial charge in [0, 0.05) is 28.7 Å². The lowest BCUT2D eigenvalue weighted by Gasteiger charge is -2.21. The third-order valence-electron chi connectivity index (χ3n) is 4.35. The number of nitrogens with zero attached hydrogens (tertiary/aromatic N) is 1. The summed E-state index contributed by atoms with van der Waals surface area (Å²) in [5.74, 6) is -1.12. The molecule has 2 N–H and O–H groups in total. The molecule has 3 rings (SSSR count). The molecule has 1 atom stereocenters. The Morgan fingerprint density at radius 1 is 1.33 bits per heavy atom. The molecule has 2 heterocycles. The predicted octanol–water partition coefficient (Wildman–Crippen LogP) is 2.47. The fourth-order valence-corrected chi connectivity index (χ4v) is 3.03. The third-order valence-corrected chi connectivity index (χ3v) is 4.35. The SMILES string of the molecule is Cc1[nH]c2ccc(C(=O)N3CCC[C@@H]3C(=O)O)cc2c1C. The van der Waals surface area contributed by atoms with E-state index in [1.54, 1.807) is 6.07 Å². The quantitative estimate of drug-likeness (QED) is 0.890. The van der Waals surface area contributed by atoms with Gasteiger partial charge in [0.05, 0.1) is 0 Å². The van der Waals surface area contributed by atoms with Crippen LogP contribution in [0.3, 0.4) is 0 Å². The van der Waals surface area contributed by atoms with Crippen molar-refractivity contribution < 1.29 is 14.7 Å². The zero-order chi connectivity index (χ0) is 15.1. The Morgan fingerprint density at radius 2 is 2.10 bits per heavy atom. The summed E-state index contributed by atoms with van der Waals surface area (Å²) in [6.45, 7) is 4.52. The number of carboxylic acids is 1. The number of aromatic amines is 1. The van der Waals surface area contributed by atoms with Crippen LogP contribution in [0.25, 0.3) is 10.9 Å². The van der Waals surface area contributed by atoms with Crippen molar-refractivity contribution in [3.63, 3.8) is 0 Å². The molecule has 1 amide bonds. The highest BCUT2D eigenvalue weighted by Gasteiger charge is 2.34. The number of hydrogen-bond acceptors (Lipinski definition) is 2. The molecule has 0 unspecified atom stereocenters. The third kappa shape index (κ3) is 2.18. The molecule has 2 aromatic rings. The average molecular weight is 286 g/mol. The lowest BCUT2D eigenvalue weighted by molar-refractivity contribution is -0.141. The first kappa shape index (κ1) is 13.7. The highest BCUT2D eigenvalue weighted by atomic mass is 16.4. The Kier molecular flexibility index (Phi) is 3.20. The smallest absolute Gasteiger partial charge is 0.326 e. The van der Waals surface area contributed by atoms with Gasteiger partial charge < -0.3 is 15.0 Å². The first-order chi connectivity index (χ1) is 9.99. The summed E-state index contributed by atoms with van der Waals surface area (Å²) in [6, 6.07) is 4.81. The summed E-state index contributed by atoms with van der Waals surface area (Å²) in [5.41, 5.74) is 3.76. The molecule has 0 radical (unpaired) electrons. The maximum absolute atomic E-state index is 12.6. The zero-order valence-electron chi connectivity index (χ0n) is 12.1. The molecule has 1 aliphatic rings. The van der Waals surface area contributed by atoms with Gasteiger partial charge in [0.2, 0.25) is 0 Å². The lowest BCUT2D eigenvalue weighted by atomic mass is 10.1. The molecule has 1 fully saturated rings.